The maximum Gasteiger partial charge on any atom is 0.297 e. The summed E-state index contributed by atoms with van der Waals surface area (Å²) in [6, 6.07) is 9.29. The standard InChI is InChI=1S/C21H20N4O4S2/c1-28-14-8-6-13(7-9-14)25-20(21(27)29-24-25)30-11-10-18(26)23-19-16(12-22)15-4-2-3-5-17(15)31-19/h6-9H,2-5,10-11H2,1H3,(H-,23,24,26,27). The van der Waals surface area contributed by atoms with Crippen molar-refractivity contribution in [2.45, 2.75) is 37.1 Å². The van der Waals surface area contributed by atoms with Gasteiger partial charge >= 0.3 is 0 Å². The lowest BCUT2D eigenvalue weighted by Gasteiger charge is -2.09. The van der Waals surface area contributed by atoms with Crippen LogP contribution in [0.3, 0.4) is 0 Å². The number of hydrogen-bond donors (Lipinski definition) is 1. The number of rotatable bonds is 7. The average Bonchev–Trinajstić information content (AvgIpc) is 3.33. The quantitative estimate of drug-likeness (QED) is 0.429. The highest BCUT2D eigenvalue weighted by Crippen LogP contribution is 2.37. The molecule has 1 amide bonds. The monoisotopic (exact) mass is 456 g/mol. The Morgan fingerprint density at radius 2 is 2.16 bits per heavy atom. The highest BCUT2D eigenvalue weighted by molar-refractivity contribution is 7.99. The van der Waals surface area contributed by atoms with Gasteiger partial charge in [-0.05, 0) is 48.1 Å². The minimum absolute atomic E-state index is 0.186. The maximum absolute atomic E-state index is 12.5. The number of thioether (sulfide) groups is 1. The lowest BCUT2D eigenvalue weighted by Crippen LogP contribution is -2.34. The molecule has 0 spiro atoms. The summed E-state index contributed by atoms with van der Waals surface area (Å²) < 4.78 is 11.4. The number of hydrogen-bond acceptors (Lipinski definition) is 8. The number of aromatic nitrogens is 2. The number of nitriles is 1. The second-order valence-corrected chi connectivity index (χ2v) is 9.14. The van der Waals surface area contributed by atoms with Gasteiger partial charge in [-0.2, -0.15) is 5.26 Å². The molecule has 0 radical (unpaired) electrons. The number of nitrogens with zero attached hydrogens (tertiary/aromatic N) is 3. The minimum Gasteiger partial charge on any atom is -0.538 e. The Morgan fingerprint density at radius 3 is 2.90 bits per heavy atom. The second kappa shape index (κ2) is 9.41. The van der Waals surface area contributed by atoms with Crippen LogP contribution in [0.25, 0.3) is 5.69 Å². The van der Waals surface area contributed by atoms with E-state index in [1.807, 2.05) is 0 Å². The molecule has 0 aliphatic heterocycles. The number of anilines is 1. The van der Waals surface area contributed by atoms with Crippen molar-refractivity contribution in [2.24, 2.45) is 0 Å². The smallest absolute Gasteiger partial charge is 0.297 e. The third-order valence-electron chi connectivity index (χ3n) is 4.99. The number of amides is 1. The van der Waals surface area contributed by atoms with Gasteiger partial charge in [-0.1, -0.05) is 11.8 Å². The fourth-order valence-electron chi connectivity index (χ4n) is 3.45. The van der Waals surface area contributed by atoms with Crippen LogP contribution in [0.5, 0.6) is 11.7 Å². The first-order valence-corrected chi connectivity index (χ1v) is 11.6. The number of fused-ring (bicyclic) bond motifs is 1. The maximum atomic E-state index is 12.5. The zero-order chi connectivity index (χ0) is 21.8. The summed E-state index contributed by atoms with van der Waals surface area (Å²) in [7, 11) is 1.57. The van der Waals surface area contributed by atoms with Gasteiger partial charge in [-0.25, -0.2) is 0 Å². The molecule has 0 saturated heterocycles. The van der Waals surface area contributed by atoms with Crippen molar-refractivity contribution in [2.75, 3.05) is 18.2 Å². The van der Waals surface area contributed by atoms with Crippen LogP contribution in [0.2, 0.25) is 0 Å². The number of thiophene rings is 1. The fourth-order valence-corrected chi connectivity index (χ4v) is 5.60. The van der Waals surface area contributed by atoms with Crippen molar-refractivity contribution in [3.63, 3.8) is 0 Å². The summed E-state index contributed by atoms with van der Waals surface area (Å²) in [6.45, 7) is 0. The number of carbonyl (C=O) groups excluding carboxylic acids is 1. The van der Waals surface area contributed by atoms with E-state index >= 15 is 0 Å². The predicted molar refractivity (Wildman–Crippen MR) is 114 cm³/mol. The molecular weight excluding hydrogens is 436 g/mol. The highest BCUT2D eigenvalue weighted by atomic mass is 32.2. The van der Waals surface area contributed by atoms with Crippen LogP contribution in [0.4, 0.5) is 5.00 Å². The van der Waals surface area contributed by atoms with E-state index in [1.54, 1.807) is 31.4 Å². The number of carbonyl (C=O) groups is 1. The van der Waals surface area contributed by atoms with Crippen LogP contribution >= 0.6 is 23.1 Å². The molecule has 1 N–H and O–H groups in total. The fraction of sp³-hybridized carbons (Fsp3) is 0.333. The Bertz CT molecular complexity index is 1130. The van der Waals surface area contributed by atoms with Crippen LogP contribution in [-0.2, 0) is 17.6 Å². The molecule has 31 heavy (non-hydrogen) atoms. The third kappa shape index (κ3) is 4.52. The number of aryl methyl sites for hydroxylation is 1. The van der Waals surface area contributed by atoms with Gasteiger partial charge in [0.2, 0.25) is 11.6 Å². The molecular formula is C21H20N4O4S2. The topological polar surface area (TPSA) is 115 Å². The molecule has 2 heterocycles. The Balaban J connectivity index is 1.39. The molecule has 4 rings (SSSR count). The van der Waals surface area contributed by atoms with Gasteiger partial charge in [0.25, 0.3) is 5.03 Å². The summed E-state index contributed by atoms with van der Waals surface area (Å²) in [5.41, 5.74) is 2.34. The van der Waals surface area contributed by atoms with Gasteiger partial charge < -0.3 is 19.7 Å². The Morgan fingerprint density at radius 1 is 1.39 bits per heavy atom. The van der Waals surface area contributed by atoms with Crippen LogP contribution in [0, 0.1) is 11.3 Å². The average molecular weight is 457 g/mol. The zero-order valence-electron chi connectivity index (χ0n) is 16.8. The number of benzene rings is 1. The first-order chi connectivity index (χ1) is 15.1. The molecule has 2 aromatic heterocycles. The van der Waals surface area contributed by atoms with E-state index < -0.39 is 5.95 Å². The number of ether oxygens (including phenoxy) is 1. The van der Waals surface area contributed by atoms with Crippen LogP contribution < -0.4 is 19.8 Å². The highest BCUT2D eigenvalue weighted by Gasteiger charge is 2.23. The SMILES string of the molecule is COc1ccc(-[n+]2noc([O-])c2SCCC(=O)Nc2sc3c(c2C#N)CCCC3)cc1. The first-order valence-electron chi connectivity index (χ1n) is 9.81. The minimum atomic E-state index is -0.557. The molecule has 1 aliphatic carbocycles. The van der Waals surface area contributed by atoms with E-state index in [9.17, 15) is 15.2 Å². The summed E-state index contributed by atoms with van der Waals surface area (Å²) >= 11 is 2.70. The van der Waals surface area contributed by atoms with Crippen LogP contribution in [0.15, 0.2) is 33.8 Å². The van der Waals surface area contributed by atoms with Gasteiger partial charge in [-0.3, -0.25) is 4.79 Å². The van der Waals surface area contributed by atoms with Gasteiger partial charge in [0.1, 0.15) is 16.8 Å². The summed E-state index contributed by atoms with van der Waals surface area (Å²) in [6.07, 6.45) is 4.24. The normalized spacial score (nSPS) is 12.8. The first kappa shape index (κ1) is 21.2. The molecule has 0 saturated carbocycles. The van der Waals surface area contributed by atoms with E-state index in [0.29, 0.717) is 32.8 Å². The van der Waals surface area contributed by atoms with Crippen molar-refractivity contribution < 1.29 is 23.8 Å². The Labute approximate surface area is 187 Å². The van der Waals surface area contributed by atoms with Crippen molar-refractivity contribution in [3.05, 3.63) is 40.3 Å². The van der Waals surface area contributed by atoms with Crippen molar-refractivity contribution >= 4 is 34.0 Å². The van der Waals surface area contributed by atoms with Crippen molar-refractivity contribution in [3.8, 4) is 23.5 Å². The van der Waals surface area contributed by atoms with Crippen molar-refractivity contribution in [1.82, 2.24) is 5.27 Å². The lowest BCUT2D eigenvalue weighted by molar-refractivity contribution is -0.705. The molecule has 160 valence electrons. The Hall–Kier alpha value is -3.03. The van der Waals surface area contributed by atoms with E-state index in [-0.39, 0.29) is 12.3 Å². The van der Waals surface area contributed by atoms with Gasteiger partial charge in [0.05, 0.1) is 17.9 Å². The Kier molecular flexibility index (Phi) is 6.44. The molecule has 1 aromatic carbocycles. The summed E-state index contributed by atoms with van der Waals surface area (Å²) in [4.78, 5) is 13.7. The van der Waals surface area contributed by atoms with Crippen molar-refractivity contribution in [1.29, 1.82) is 5.26 Å². The lowest BCUT2D eigenvalue weighted by atomic mass is 9.96. The van der Waals surface area contributed by atoms with Gasteiger partial charge in [0, 0.05) is 29.2 Å². The molecule has 10 heteroatoms. The third-order valence-corrected chi connectivity index (χ3v) is 7.22. The molecule has 3 aromatic rings. The number of methoxy groups -OCH3 is 1. The largest absolute Gasteiger partial charge is 0.538 e. The molecule has 0 bridgehead atoms. The zero-order valence-corrected chi connectivity index (χ0v) is 18.5. The van der Waals surface area contributed by atoms with E-state index in [4.69, 9.17) is 9.26 Å². The van der Waals surface area contributed by atoms with Crippen LogP contribution in [0.1, 0.15) is 35.3 Å². The second-order valence-electron chi connectivity index (χ2n) is 6.95. The number of nitrogens with one attached hydrogen (secondary N) is 1. The van der Waals surface area contributed by atoms with E-state index in [0.717, 1.165) is 31.2 Å². The van der Waals surface area contributed by atoms with E-state index in [2.05, 4.69) is 16.7 Å². The van der Waals surface area contributed by atoms with Gasteiger partial charge in [-0.15, -0.1) is 11.3 Å². The molecule has 0 atom stereocenters. The molecule has 0 unspecified atom stereocenters. The molecule has 1 aliphatic rings. The van der Waals surface area contributed by atoms with Gasteiger partial charge in [0.15, 0.2) is 5.95 Å². The van der Waals surface area contributed by atoms with E-state index in [1.165, 1.54) is 32.7 Å². The molecule has 0 fully saturated rings. The predicted octanol–water partition coefficient (Wildman–Crippen LogP) is 2.97. The molecule has 8 nitrogen and oxygen atoms in total. The summed E-state index contributed by atoms with van der Waals surface area (Å²) in [5, 5.41) is 29.2. The van der Waals surface area contributed by atoms with Crippen LogP contribution in [-0.4, -0.2) is 24.0 Å². The summed E-state index contributed by atoms with van der Waals surface area (Å²) in [5.74, 6) is 0.306.